The Hall–Kier alpha value is -3.78. The van der Waals surface area contributed by atoms with Crippen LogP contribution in [0.3, 0.4) is 0 Å². The van der Waals surface area contributed by atoms with Crippen LogP contribution in [0.5, 0.6) is 5.88 Å². The highest BCUT2D eigenvalue weighted by Gasteiger charge is 2.32. The lowest BCUT2D eigenvalue weighted by molar-refractivity contribution is 0.0698. The molecule has 10 nitrogen and oxygen atoms in total. The summed E-state index contributed by atoms with van der Waals surface area (Å²) in [5.74, 6) is -2.06. The third-order valence-corrected chi connectivity index (χ3v) is 4.14. The SMILES string of the molecule is N#Cc1nn2ccc(N3OCCC3c3cc(F)cnc3O)nc2c1C(=O)O. The number of carboxylic acids is 1. The van der Waals surface area contributed by atoms with E-state index < -0.39 is 17.8 Å². The van der Waals surface area contributed by atoms with E-state index in [1.165, 1.54) is 21.8 Å². The van der Waals surface area contributed by atoms with Gasteiger partial charge in [0.2, 0.25) is 5.88 Å². The summed E-state index contributed by atoms with van der Waals surface area (Å²) in [4.78, 5) is 24.9. The number of aromatic hydroxyl groups is 1. The Morgan fingerprint density at radius 3 is 3.04 bits per heavy atom. The normalized spacial score (nSPS) is 16.6. The minimum atomic E-state index is -1.34. The fourth-order valence-corrected chi connectivity index (χ4v) is 2.99. The standard InChI is InChI=1S/C16H11FN6O4/c17-8-5-9(15(24)19-7-8)11-2-4-27-23(11)12-1-3-22-14(20-12)13(16(25)26)10(6-18)21-22/h1,3,5,7,11H,2,4H2,(H,19,24)(H,25,26). The van der Waals surface area contributed by atoms with Crippen LogP contribution in [0.2, 0.25) is 0 Å². The topological polar surface area (TPSA) is 137 Å². The lowest BCUT2D eigenvalue weighted by Crippen LogP contribution is -2.23. The molecule has 136 valence electrons. The first kappa shape index (κ1) is 16.7. The average Bonchev–Trinajstić information content (AvgIpc) is 3.27. The van der Waals surface area contributed by atoms with E-state index in [1.54, 1.807) is 6.07 Å². The smallest absolute Gasteiger partial charge is 0.342 e. The number of aromatic nitrogens is 4. The second-order valence-electron chi connectivity index (χ2n) is 5.72. The van der Waals surface area contributed by atoms with E-state index >= 15 is 0 Å². The summed E-state index contributed by atoms with van der Waals surface area (Å²) < 4.78 is 14.7. The van der Waals surface area contributed by atoms with E-state index in [2.05, 4.69) is 15.1 Å². The molecular weight excluding hydrogens is 359 g/mol. The first-order chi connectivity index (χ1) is 13.0. The van der Waals surface area contributed by atoms with Gasteiger partial charge in [0, 0.05) is 24.2 Å². The largest absolute Gasteiger partial charge is 0.493 e. The van der Waals surface area contributed by atoms with Crippen LogP contribution >= 0.6 is 0 Å². The quantitative estimate of drug-likeness (QED) is 0.701. The molecular formula is C16H11FN6O4. The third-order valence-electron chi connectivity index (χ3n) is 4.14. The summed E-state index contributed by atoms with van der Waals surface area (Å²) in [7, 11) is 0. The van der Waals surface area contributed by atoms with Gasteiger partial charge in [0.1, 0.15) is 17.4 Å². The highest BCUT2D eigenvalue weighted by Crippen LogP contribution is 2.37. The molecule has 1 fully saturated rings. The van der Waals surface area contributed by atoms with Crippen molar-refractivity contribution in [1.82, 2.24) is 19.6 Å². The van der Waals surface area contributed by atoms with E-state index in [0.717, 1.165) is 12.3 Å². The number of carboxylic acid groups (broad SMARTS) is 1. The van der Waals surface area contributed by atoms with Crippen molar-refractivity contribution in [2.75, 3.05) is 11.7 Å². The summed E-state index contributed by atoms with van der Waals surface area (Å²) >= 11 is 0. The van der Waals surface area contributed by atoms with E-state index in [-0.39, 0.29) is 40.8 Å². The molecule has 3 aromatic rings. The lowest BCUT2D eigenvalue weighted by Gasteiger charge is -2.23. The minimum Gasteiger partial charge on any atom is -0.493 e. The highest BCUT2D eigenvalue weighted by molar-refractivity contribution is 5.97. The number of fused-ring (bicyclic) bond motifs is 1. The van der Waals surface area contributed by atoms with Gasteiger partial charge in [-0.3, -0.25) is 4.84 Å². The van der Waals surface area contributed by atoms with Crippen LogP contribution in [0.4, 0.5) is 10.2 Å². The monoisotopic (exact) mass is 370 g/mol. The van der Waals surface area contributed by atoms with E-state index in [4.69, 9.17) is 10.1 Å². The minimum absolute atomic E-state index is 0.0348. The predicted octanol–water partition coefficient (Wildman–Crippen LogP) is 1.42. The number of hydrogen-bond acceptors (Lipinski definition) is 8. The van der Waals surface area contributed by atoms with Gasteiger partial charge in [0.05, 0.1) is 18.8 Å². The summed E-state index contributed by atoms with van der Waals surface area (Å²) in [6.07, 6.45) is 2.77. The second kappa shape index (κ2) is 6.19. The zero-order valence-corrected chi connectivity index (χ0v) is 13.6. The van der Waals surface area contributed by atoms with Crippen molar-refractivity contribution in [3.8, 4) is 11.9 Å². The number of hydroxylamine groups is 1. The Morgan fingerprint density at radius 1 is 1.48 bits per heavy atom. The van der Waals surface area contributed by atoms with Gasteiger partial charge in [-0.05, 0) is 6.07 Å². The Kier molecular flexibility index (Phi) is 3.82. The molecule has 0 saturated carbocycles. The molecule has 0 amide bonds. The summed E-state index contributed by atoms with van der Waals surface area (Å²) in [6, 6.07) is 3.81. The Labute approximate surface area is 150 Å². The van der Waals surface area contributed by atoms with E-state index in [0.29, 0.717) is 6.42 Å². The van der Waals surface area contributed by atoms with Gasteiger partial charge >= 0.3 is 5.97 Å². The van der Waals surface area contributed by atoms with Crippen molar-refractivity contribution >= 4 is 17.4 Å². The summed E-state index contributed by atoms with van der Waals surface area (Å²) in [5, 5.41) is 33.6. The second-order valence-corrected chi connectivity index (χ2v) is 5.72. The van der Waals surface area contributed by atoms with Crippen LogP contribution in [0, 0.1) is 17.1 Å². The molecule has 0 spiro atoms. The highest BCUT2D eigenvalue weighted by atomic mass is 19.1. The van der Waals surface area contributed by atoms with Gasteiger partial charge in [-0.2, -0.15) is 10.4 Å². The Balaban J connectivity index is 1.81. The average molecular weight is 370 g/mol. The van der Waals surface area contributed by atoms with Crippen molar-refractivity contribution in [2.24, 2.45) is 0 Å². The summed E-state index contributed by atoms with van der Waals surface area (Å²) in [5.41, 5.74) is -0.408. The number of pyridine rings is 1. The maximum Gasteiger partial charge on any atom is 0.342 e. The number of carbonyl (C=O) groups is 1. The molecule has 1 aliphatic heterocycles. The van der Waals surface area contributed by atoms with Crippen LogP contribution in [-0.4, -0.2) is 42.4 Å². The number of aromatic carboxylic acids is 1. The van der Waals surface area contributed by atoms with Crippen molar-refractivity contribution < 1.29 is 24.2 Å². The molecule has 0 bridgehead atoms. The number of halogens is 1. The molecule has 0 aromatic carbocycles. The zero-order chi connectivity index (χ0) is 19.1. The van der Waals surface area contributed by atoms with Crippen molar-refractivity contribution in [3.63, 3.8) is 0 Å². The van der Waals surface area contributed by atoms with Crippen LogP contribution in [0.1, 0.15) is 34.1 Å². The fourth-order valence-electron chi connectivity index (χ4n) is 2.99. The van der Waals surface area contributed by atoms with Gasteiger partial charge in [-0.15, -0.1) is 0 Å². The molecule has 1 aliphatic rings. The van der Waals surface area contributed by atoms with Crippen LogP contribution in [0.25, 0.3) is 5.65 Å². The van der Waals surface area contributed by atoms with Gasteiger partial charge in [-0.25, -0.2) is 28.7 Å². The number of nitriles is 1. The van der Waals surface area contributed by atoms with Crippen LogP contribution in [-0.2, 0) is 4.84 Å². The van der Waals surface area contributed by atoms with E-state index in [1.807, 2.05) is 0 Å². The molecule has 2 N–H and O–H groups in total. The summed E-state index contributed by atoms with van der Waals surface area (Å²) in [6.45, 7) is 0.280. The van der Waals surface area contributed by atoms with Gasteiger partial charge in [0.15, 0.2) is 17.2 Å². The number of hydrogen-bond donors (Lipinski definition) is 2. The maximum absolute atomic E-state index is 13.6. The van der Waals surface area contributed by atoms with Crippen LogP contribution < -0.4 is 5.06 Å². The van der Waals surface area contributed by atoms with Crippen molar-refractivity contribution in [2.45, 2.75) is 12.5 Å². The first-order valence-electron chi connectivity index (χ1n) is 7.79. The Morgan fingerprint density at radius 2 is 2.30 bits per heavy atom. The maximum atomic E-state index is 13.6. The fraction of sp³-hybridized carbons (Fsp3) is 0.188. The van der Waals surface area contributed by atoms with Crippen LogP contribution in [0.15, 0.2) is 24.5 Å². The number of rotatable bonds is 3. The predicted molar refractivity (Wildman–Crippen MR) is 86.3 cm³/mol. The molecule has 0 aliphatic carbocycles. The Bertz CT molecular complexity index is 1110. The van der Waals surface area contributed by atoms with Gasteiger partial charge < -0.3 is 10.2 Å². The lowest BCUT2D eigenvalue weighted by atomic mass is 10.1. The molecule has 4 rings (SSSR count). The molecule has 0 radical (unpaired) electrons. The molecule has 4 heterocycles. The number of anilines is 1. The van der Waals surface area contributed by atoms with Gasteiger partial charge in [-0.1, -0.05) is 0 Å². The van der Waals surface area contributed by atoms with E-state index in [9.17, 15) is 19.4 Å². The molecule has 3 aromatic heterocycles. The van der Waals surface area contributed by atoms with Crippen molar-refractivity contribution in [1.29, 1.82) is 5.26 Å². The molecule has 11 heteroatoms. The molecule has 1 saturated heterocycles. The molecule has 1 unspecified atom stereocenters. The number of nitrogens with zero attached hydrogens (tertiary/aromatic N) is 6. The molecule has 27 heavy (non-hydrogen) atoms. The molecule has 1 atom stereocenters. The van der Waals surface area contributed by atoms with Crippen molar-refractivity contribution in [3.05, 3.63) is 47.2 Å². The zero-order valence-electron chi connectivity index (χ0n) is 13.6. The van der Waals surface area contributed by atoms with Gasteiger partial charge in [0.25, 0.3) is 0 Å². The first-order valence-corrected chi connectivity index (χ1v) is 7.79. The third kappa shape index (κ3) is 2.68.